The molecule has 5 heteroatoms. The average Bonchev–Trinajstić information content (AvgIpc) is 1.94. The minimum absolute atomic E-state index is 0. The van der Waals surface area contributed by atoms with Gasteiger partial charge in [0.05, 0.1) is 6.54 Å². The molecule has 1 rings (SSSR count). The average molecular weight is 181 g/mol. The number of hydrogen-bond acceptors (Lipinski definition) is 4. The third-order valence-electron chi connectivity index (χ3n) is 1.63. The highest BCUT2D eigenvalue weighted by Crippen LogP contribution is 1.96. The van der Waals surface area contributed by atoms with Gasteiger partial charge < -0.3 is 15.2 Å². The predicted octanol–water partition coefficient (Wildman–Crippen LogP) is -1.17. The number of hydrogen-bond donors (Lipinski definition) is 2. The van der Waals surface area contributed by atoms with Crippen LogP contribution in [0.3, 0.4) is 0 Å². The quantitative estimate of drug-likeness (QED) is 0.526. The molecule has 0 radical (unpaired) electrons. The monoisotopic (exact) mass is 180 g/mol. The van der Waals surface area contributed by atoms with E-state index in [-0.39, 0.29) is 12.4 Å². The van der Waals surface area contributed by atoms with E-state index in [1.165, 1.54) is 0 Å². The van der Waals surface area contributed by atoms with Gasteiger partial charge in [0.25, 0.3) is 0 Å². The molecule has 1 heterocycles. The van der Waals surface area contributed by atoms with Crippen LogP contribution in [0.4, 0.5) is 0 Å². The fourth-order valence-corrected chi connectivity index (χ4v) is 1.04. The van der Waals surface area contributed by atoms with Crippen molar-refractivity contribution in [2.75, 3.05) is 26.2 Å². The molecule has 0 unspecified atom stereocenters. The summed E-state index contributed by atoms with van der Waals surface area (Å²) >= 11 is 0. The number of β-amino-alcohol motifs (C(OH)–C–C–N with tert-alkyl or cyclic N) is 1. The maximum atomic E-state index is 10.0. The van der Waals surface area contributed by atoms with Crippen LogP contribution in [0.2, 0.25) is 0 Å². The van der Waals surface area contributed by atoms with Gasteiger partial charge in [0.2, 0.25) is 0 Å². The number of piperazine rings is 1. The summed E-state index contributed by atoms with van der Waals surface area (Å²) in [5.74, 6) is 0. The largest absolute Gasteiger partial charge is 0.377 e. The second-order valence-electron chi connectivity index (χ2n) is 2.35. The van der Waals surface area contributed by atoms with Crippen LogP contribution in [0.15, 0.2) is 0 Å². The molecule has 0 spiro atoms. The van der Waals surface area contributed by atoms with Gasteiger partial charge in [0.15, 0.2) is 0 Å². The zero-order valence-electron chi connectivity index (χ0n) is 6.19. The van der Waals surface area contributed by atoms with Crippen LogP contribution in [0.1, 0.15) is 0 Å². The molecule has 11 heavy (non-hydrogen) atoms. The molecule has 0 aromatic heterocycles. The lowest BCUT2D eigenvalue weighted by atomic mass is 10.3. The Hall–Kier alpha value is -0.160. The van der Waals surface area contributed by atoms with Crippen LogP contribution < -0.4 is 5.32 Å². The van der Waals surface area contributed by atoms with Crippen LogP contribution >= 0.6 is 12.4 Å². The number of rotatable bonds is 2. The smallest absolute Gasteiger partial charge is 0.134 e. The van der Waals surface area contributed by atoms with Crippen molar-refractivity contribution in [1.82, 2.24) is 10.2 Å². The summed E-state index contributed by atoms with van der Waals surface area (Å²) in [4.78, 5) is 11.8. The topological polar surface area (TPSA) is 52.6 Å². The zero-order chi connectivity index (χ0) is 7.40. The summed E-state index contributed by atoms with van der Waals surface area (Å²) in [6.07, 6.45) is 0.327. The highest BCUT2D eigenvalue weighted by Gasteiger charge is 2.17. The van der Waals surface area contributed by atoms with Gasteiger partial charge in [-0.3, -0.25) is 4.90 Å². The van der Waals surface area contributed by atoms with Gasteiger partial charge in [0.1, 0.15) is 12.5 Å². The van der Waals surface area contributed by atoms with Gasteiger partial charge in [-0.15, -0.1) is 12.4 Å². The molecule has 0 aromatic rings. The minimum Gasteiger partial charge on any atom is -0.377 e. The van der Waals surface area contributed by atoms with E-state index in [0.29, 0.717) is 13.1 Å². The number of aliphatic hydroxyl groups excluding tert-OH is 1. The van der Waals surface area contributed by atoms with Crippen molar-refractivity contribution in [3.05, 3.63) is 0 Å². The Balaban J connectivity index is 0.000001000. The van der Waals surface area contributed by atoms with Gasteiger partial charge >= 0.3 is 0 Å². The number of nitrogens with zero attached hydrogens (tertiary/aromatic N) is 1. The third kappa shape index (κ3) is 3.16. The Morgan fingerprint density at radius 3 is 3.00 bits per heavy atom. The van der Waals surface area contributed by atoms with Crippen molar-refractivity contribution in [2.24, 2.45) is 0 Å². The summed E-state index contributed by atoms with van der Waals surface area (Å²) in [6.45, 7) is 2.50. The van der Waals surface area contributed by atoms with E-state index in [0.717, 1.165) is 19.4 Å². The van der Waals surface area contributed by atoms with E-state index in [2.05, 4.69) is 5.32 Å². The normalized spacial score (nSPS) is 25.7. The van der Waals surface area contributed by atoms with Gasteiger partial charge in [-0.25, -0.2) is 0 Å². The van der Waals surface area contributed by atoms with Gasteiger partial charge in [0, 0.05) is 19.6 Å². The molecular formula is C6H13ClN2O2. The first-order chi connectivity index (χ1) is 4.84. The van der Waals surface area contributed by atoms with Gasteiger partial charge in [-0.2, -0.15) is 0 Å². The lowest BCUT2D eigenvalue weighted by molar-refractivity contribution is -0.112. The summed E-state index contributed by atoms with van der Waals surface area (Å²) in [6, 6.07) is 0. The Labute approximate surface area is 72.0 Å². The number of aldehydes is 1. The van der Waals surface area contributed by atoms with Crippen LogP contribution in [-0.2, 0) is 4.79 Å². The summed E-state index contributed by atoms with van der Waals surface area (Å²) in [5.41, 5.74) is 0. The van der Waals surface area contributed by atoms with E-state index in [9.17, 15) is 9.90 Å². The van der Waals surface area contributed by atoms with E-state index < -0.39 is 6.23 Å². The molecular weight excluding hydrogens is 168 g/mol. The molecule has 0 saturated carbocycles. The zero-order valence-corrected chi connectivity index (χ0v) is 7.01. The first-order valence-electron chi connectivity index (χ1n) is 3.41. The standard InChI is InChI=1S/C6H12N2O2.ClH/c9-4-3-8-2-1-7-5-6(8)10;/h4,6-7,10H,1-3,5H2;1H/t6-;/m0./s1. The molecule has 0 aliphatic carbocycles. The molecule has 1 saturated heterocycles. The van der Waals surface area contributed by atoms with E-state index in [1.807, 2.05) is 0 Å². The van der Waals surface area contributed by atoms with E-state index >= 15 is 0 Å². The molecule has 0 amide bonds. The maximum Gasteiger partial charge on any atom is 0.134 e. The summed E-state index contributed by atoms with van der Waals surface area (Å²) < 4.78 is 0. The lowest BCUT2D eigenvalue weighted by Gasteiger charge is -2.30. The molecule has 1 fully saturated rings. The lowest BCUT2D eigenvalue weighted by Crippen LogP contribution is -2.51. The van der Waals surface area contributed by atoms with Crippen LogP contribution in [0.25, 0.3) is 0 Å². The van der Waals surface area contributed by atoms with Crippen LogP contribution in [0.5, 0.6) is 0 Å². The predicted molar refractivity (Wildman–Crippen MR) is 43.8 cm³/mol. The molecule has 66 valence electrons. The van der Waals surface area contributed by atoms with Crippen molar-refractivity contribution in [1.29, 1.82) is 0 Å². The van der Waals surface area contributed by atoms with Crippen molar-refractivity contribution in [3.8, 4) is 0 Å². The van der Waals surface area contributed by atoms with E-state index in [1.54, 1.807) is 4.90 Å². The highest BCUT2D eigenvalue weighted by atomic mass is 35.5. The number of nitrogens with one attached hydrogen (secondary N) is 1. The molecule has 1 aliphatic rings. The summed E-state index contributed by atoms with van der Waals surface area (Å²) in [7, 11) is 0. The third-order valence-corrected chi connectivity index (χ3v) is 1.63. The second-order valence-corrected chi connectivity index (χ2v) is 2.35. The van der Waals surface area contributed by atoms with Gasteiger partial charge in [-0.1, -0.05) is 0 Å². The fourth-order valence-electron chi connectivity index (χ4n) is 1.04. The van der Waals surface area contributed by atoms with Crippen LogP contribution in [0, 0.1) is 0 Å². The molecule has 0 bridgehead atoms. The highest BCUT2D eigenvalue weighted by molar-refractivity contribution is 5.85. The maximum absolute atomic E-state index is 10.0. The minimum atomic E-state index is -0.487. The first kappa shape index (κ1) is 10.8. The number of carbonyl (C=O) groups is 1. The molecule has 1 atom stereocenters. The van der Waals surface area contributed by atoms with E-state index in [4.69, 9.17) is 0 Å². The molecule has 1 aliphatic heterocycles. The second kappa shape index (κ2) is 5.49. The Morgan fingerprint density at radius 1 is 1.73 bits per heavy atom. The van der Waals surface area contributed by atoms with Crippen molar-refractivity contribution >= 4 is 18.7 Å². The number of aliphatic hydroxyl groups is 1. The number of carbonyl (C=O) groups excluding carboxylic acids is 1. The van der Waals surface area contributed by atoms with Crippen molar-refractivity contribution in [2.45, 2.75) is 6.23 Å². The summed E-state index contributed by atoms with van der Waals surface area (Å²) in [5, 5.41) is 12.2. The Kier molecular flexibility index (Phi) is 5.41. The SMILES string of the molecule is Cl.O=CCN1CCNC[C@@H]1O. The fraction of sp³-hybridized carbons (Fsp3) is 0.833. The first-order valence-corrected chi connectivity index (χ1v) is 3.41. The van der Waals surface area contributed by atoms with Crippen molar-refractivity contribution < 1.29 is 9.90 Å². The molecule has 2 N–H and O–H groups in total. The van der Waals surface area contributed by atoms with Gasteiger partial charge in [-0.05, 0) is 0 Å². The molecule has 0 aromatic carbocycles. The Morgan fingerprint density at radius 2 is 2.45 bits per heavy atom. The molecule has 4 nitrogen and oxygen atoms in total. The number of halogens is 1. The Bertz CT molecular complexity index is 123. The van der Waals surface area contributed by atoms with Crippen LogP contribution in [-0.4, -0.2) is 48.7 Å². The van der Waals surface area contributed by atoms with Crippen molar-refractivity contribution in [3.63, 3.8) is 0 Å².